The zero-order chi connectivity index (χ0) is 12.8. The van der Waals surface area contributed by atoms with Gasteiger partial charge in [-0.25, -0.2) is 4.79 Å². The quantitative estimate of drug-likeness (QED) is 0.810. The van der Waals surface area contributed by atoms with E-state index in [4.69, 9.17) is 4.74 Å². The molecule has 0 fully saturated rings. The van der Waals surface area contributed by atoms with Crippen molar-refractivity contribution < 1.29 is 9.53 Å². The molecule has 0 aromatic heterocycles. The summed E-state index contributed by atoms with van der Waals surface area (Å²) < 4.78 is 5.18. The van der Waals surface area contributed by atoms with Crippen LogP contribution in [0.15, 0.2) is 0 Å². The second kappa shape index (κ2) is 7.05. The summed E-state index contributed by atoms with van der Waals surface area (Å²) in [7, 11) is 0. The number of carbonyl (C=O) groups excluding carboxylic acids is 1. The van der Waals surface area contributed by atoms with E-state index in [1.165, 1.54) is 0 Å². The summed E-state index contributed by atoms with van der Waals surface area (Å²) in [6, 6.07) is 0.151. The van der Waals surface area contributed by atoms with Crippen LogP contribution in [0.3, 0.4) is 0 Å². The smallest absolute Gasteiger partial charge is 0.407 e. The minimum Gasteiger partial charge on any atom is -0.444 e. The highest BCUT2D eigenvalue weighted by atomic mass is 32.2. The topological polar surface area (TPSA) is 38.3 Å². The average molecular weight is 247 g/mol. The lowest BCUT2D eigenvalue weighted by molar-refractivity contribution is 0.0513. The van der Waals surface area contributed by atoms with Gasteiger partial charge >= 0.3 is 6.09 Å². The fourth-order valence-electron chi connectivity index (χ4n) is 1.03. The van der Waals surface area contributed by atoms with Crippen LogP contribution in [0.1, 0.15) is 41.5 Å². The average Bonchev–Trinajstić information content (AvgIpc) is 1.98. The maximum Gasteiger partial charge on any atom is 0.407 e. The summed E-state index contributed by atoms with van der Waals surface area (Å²) in [4.78, 5) is 11.4. The molecule has 0 aliphatic rings. The summed E-state index contributed by atoms with van der Waals surface area (Å²) in [5, 5.41) is 2.83. The standard InChI is InChI=1S/C12H25NO2S/c1-9(2)7-16-8-10(3)13-11(14)15-12(4,5)6/h9-10H,7-8H2,1-6H3,(H,13,14). The summed E-state index contributed by atoms with van der Waals surface area (Å²) in [5.74, 6) is 2.75. The largest absolute Gasteiger partial charge is 0.444 e. The van der Waals surface area contributed by atoms with Crippen LogP contribution in [0, 0.1) is 5.92 Å². The molecule has 0 aromatic rings. The number of thioether (sulfide) groups is 1. The highest BCUT2D eigenvalue weighted by Gasteiger charge is 2.17. The number of hydrogen-bond acceptors (Lipinski definition) is 3. The molecule has 4 heteroatoms. The van der Waals surface area contributed by atoms with Gasteiger partial charge in [0.25, 0.3) is 0 Å². The Balaban J connectivity index is 3.70. The minimum atomic E-state index is -0.422. The van der Waals surface area contributed by atoms with Crippen molar-refractivity contribution in [2.45, 2.75) is 53.2 Å². The van der Waals surface area contributed by atoms with Crippen molar-refractivity contribution in [3.63, 3.8) is 0 Å². The molecule has 16 heavy (non-hydrogen) atoms. The number of alkyl carbamates (subject to hydrolysis) is 1. The first-order valence-corrected chi connectivity index (χ1v) is 6.93. The number of amides is 1. The van der Waals surface area contributed by atoms with Crippen molar-refractivity contribution in [1.82, 2.24) is 5.32 Å². The Morgan fingerprint density at radius 3 is 2.25 bits per heavy atom. The lowest BCUT2D eigenvalue weighted by atomic mass is 10.2. The predicted octanol–water partition coefficient (Wildman–Crippen LogP) is 3.29. The molecule has 0 aliphatic carbocycles. The van der Waals surface area contributed by atoms with E-state index >= 15 is 0 Å². The molecule has 0 bridgehead atoms. The van der Waals surface area contributed by atoms with Crippen molar-refractivity contribution in [2.24, 2.45) is 5.92 Å². The summed E-state index contributed by atoms with van der Waals surface area (Å²) in [5.41, 5.74) is -0.422. The number of rotatable bonds is 5. The zero-order valence-electron chi connectivity index (χ0n) is 11.3. The Morgan fingerprint density at radius 2 is 1.81 bits per heavy atom. The van der Waals surface area contributed by atoms with E-state index in [2.05, 4.69) is 19.2 Å². The van der Waals surface area contributed by atoms with Gasteiger partial charge in [-0.15, -0.1) is 0 Å². The van der Waals surface area contributed by atoms with Gasteiger partial charge in [0.1, 0.15) is 5.60 Å². The van der Waals surface area contributed by atoms with Gasteiger partial charge in [0.15, 0.2) is 0 Å². The van der Waals surface area contributed by atoms with Crippen molar-refractivity contribution in [1.29, 1.82) is 0 Å². The van der Waals surface area contributed by atoms with Crippen molar-refractivity contribution >= 4 is 17.9 Å². The molecule has 1 unspecified atom stereocenters. The molecule has 0 saturated heterocycles. The predicted molar refractivity (Wildman–Crippen MR) is 71.0 cm³/mol. The Kier molecular flexibility index (Phi) is 6.88. The molecule has 0 rings (SSSR count). The first kappa shape index (κ1) is 15.6. The fraction of sp³-hybridized carbons (Fsp3) is 0.917. The van der Waals surface area contributed by atoms with E-state index < -0.39 is 5.60 Å². The number of nitrogens with one attached hydrogen (secondary N) is 1. The molecule has 0 aliphatic heterocycles. The highest BCUT2D eigenvalue weighted by molar-refractivity contribution is 7.99. The summed E-state index contributed by atoms with van der Waals surface area (Å²) >= 11 is 1.86. The molecule has 0 heterocycles. The molecular weight excluding hydrogens is 222 g/mol. The lowest BCUT2D eigenvalue weighted by Crippen LogP contribution is -2.38. The second-order valence-electron chi connectivity index (χ2n) is 5.48. The summed E-state index contributed by atoms with van der Waals surface area (Å²) in [6.07, 6.45) is -0.329. The monoisotopic (exact) mass is 247 g/mol. The van der Waals surface area contributed by atoms with E-state index in [0.29, 0.717) is 5.92 Å². The molecule has 96 valence electrons. The van der Waals surface area contributed by atoms with Gasteiger partial charge < -0.3 is 10.1 Å². The molecule has 0 saturated carbocycles. The van der Waals surface area contributed by atoms with Gasteiger partial charge in [0, 0.05) is 11.8 Å². The Morgan fingerprint density at radius 1 is 1.25 bits per heavy atom. The molecular formula is C12H25NO2S. The zero-order valence-corrected chi connectivity index (χ0v) is 12.1. The minimum absolute atomic E-state index is 0.151. The third-order valence-corrected chi connectivity index (χ3v) is 3.22. The van der Waals surface area contributed by atoms with Crippen LogP contribution in [0.25, 0.3) is 0 Å². The van der Waals surface area contributed by atoms with Crippen LogP contribution in [0.4, 0.5) is 4.79 Å². The Labute approximate surface area is 104 Å². The molecule has 1 N–H and O–H groups in total. The molecule has 0 spiro atoms. The molecule has 1 amide bonds. The van der Waals surface area contributed by atoms with Crippen LogP contribution >= 0.6 is 11.8 Å². The van der Waals surface area contributed by atoms with Gasteiger partial charge in [0.05, 0.1) is 0 Å². The number of ether oxygens (including phenoxy) is 1. The lowest BCUT2D eigenvalue weighted by Gasteiger charge is -2.21. The second-order valence-corrected chi connectivity index (χ2v) is 6.55. The van der Waals surface area contributed by atoms with Gasteiger partial charge in [0.2, 0.25) is 0 Å². The van der Waals surface area contributed by atoms with Gasteiger partial charge in [-0.1, -0.05) is 13.8 Å². The maximum atomic E-state index is 11.4. The van der Waals surface area contributed by atoms with E-state index in [9.17, 15) is 4.79 Å². The van der Waals surface area contributed by atoms with Gasteiger partial charge in [-0.05, 0) is 39.4 Å². The van der Waals surface area contributed by atoms with E-state index in [0.717, 1.165) is 11.5 Å². The van der Waals surface area contributed by atoms with Crippen molar-refractivity contribution in [3.8, 4) is 0 Å². The Bertz CT molecular complexity index is 212. The first-order chi connectivity index (χ1) is 7.20. The highest BCUT2D eigenvalue weighted by Crippen LogP contribution is 2.10. The normalized spacial score (nSPS) is 13.7. The SMILES string of the molecule is CC(C)CSCC(C)NC(=O)OC(C)(C)C. The van der Waals surface area contributed by atoms with Crippen molar-refractivity contribution in [3.05, 3.63) is 0 Å². The van der Waals surface area contributed by atoms with Crippen molar-refractivity contribution in [2.75, 3.05) is 11.5 Å². The van der Waals surface area contributed by atoms with Crippen LogP contribution in [-0.4, -0.2) is 29.2 Å². The molecule has 0 radical (unpaired) electrons. The molecule has 0 aromatic carbocycles. The third-order valence-electron chi connectivity index (χ3n) is 1.58. The fourth-order valence-corrected chi connectivity index (χ4v) is 2.08. The molecule has 3 nitrogen and oxygen atoms in total. The number of carbonyl (C=O) groups is 1. The third kappa shape index (κ3) is 10.1. The van der Waals surface area contributed by atoms with Crippen LogP contribution in [-0.2, 0) is 4.74 Å². The summed E-state index contributed by atoms with van der Waals surface area (Å²) in [6.45, 7) is 12.0. The van der Waals surface area contributed by atoms with E-state index in [1.54, 1.807) is 0 Å². The first-order valence-electron chi connectivity index (χ1n) is 5.78. The van der Waals surface area contributed by atoms with E-state index in [-0.39, 0.29) is 12.1 Å². The van der Waals surface area contributed by atoms with E-state index in [1.807, 2.05) is 39.5 Å². The van der Waals surface area contributed by atoms with Gasteiger partial charge in [-0.3, -0.25) is 0 Å². The number of hydrogen-bond donors (Lipinski definition) is 1. The van der Waals surface area contributed by atoms with Gasteiger partial charge in [-0.2, -0.15) is 11.8 Å². The molecule has 1 atom stereocenters. The Hall–Kier alpha value is -0.380. The van der Waals surface area contributed by atoms with Crippen LogP contribution in [0.2, 0.25) is 0 Å². The van der Waals surface area contributed by atoms with Crippen LogP contribution in [0.5, 0.6) is 0 Å². The maximum absolute atomic E-state index is 11.4. The van der Waals surface area contributed by atoms with Crippen LogP contribution < -0.4 is 5.32 Å².